The number of ether oxygens (including phenoxy) is 1. The number of nitrogens with one attached hydrogen (secondary N) is 1. The van der Waals surface area contributed by atoms with E-state index in [1.165, 1.54) is 0 Å². The van der Waals surface area contributed by atoms with Gasteiger partial charge in [-0.25, -0.2) is 4.98 Å². The lowest BCUT2D eigenvalue weighted by atomic mass is 10.3. The van der Waals surface area contributed by atoms with E-state index < -0.39 is 0 Å². The van der Waals surface area contributed by atoms with Crippen LogP contribution in [0.15, 0.2) is 24.3 Å². The molecule has 104 valence electrons. The van der Waals surface area contributed by atoms with E-state index >= 15 is 0 Å². The fraction of sp³-hybridized carbons (Fsp3) is 0.500. The molecule has 0 saturated heterocycles. The van der Waals surface area contributed by atoms with E-state index in [2.05, 4.69) is 27.9 Å². The van der Waals surface area contributed by atoms with Crippen LogP contribution in [0.3, 0.4) is 0 Å². The summed E-state index contributed by atoms with van der Waals surface area (Å²) in [5.74, 6) is 1.02. The van der Waals surface area contributed by atoms with Gasteiger partial charge in [-0.1, -0.05) is 12.1 Å². The maximum Gasteiger partial charge on any atom is 0.126 e. The maximum atomic E-state index is 8.61. The Morgan fingerprint density at radius 3 is 2.89 bits per heavy atom. The number of hydrogen-bond donors (Lipinski definition) is 2. The molecule has 0 bridgehead atoms. The van der Waals surface area contributed by atoms with Crippen molar-refractivity contribution in [3.63, 3.8) is 0 Å². The highest BCUT2D eigenvalue weighted by Gasteiger charge is 2.13. The van der Waals surface area contributed by atoms with Crippen molar-refractivity contribution in [1.29, 1.82) is 0 Å². The van der Waals surface area contributed by atoms with E-state index in [1.807, 2.05) is 25.2 Å². The van der Waals surface area contributed by atoms with Crippen molar-refractivity contribution in [3.8, 4) is 0 Å². The van der Waals surface area contributed by atoms with E-state index in [9.17, 15) is 0 Å². The second kappa shape index (κ2) is 6.65. The van der Waals surface area contributed by atoms with Crippen molar-refractivity contribution >= 4 is 11.0 Å². The molecule has 0 aliphatic carbocycles. The first kappa shape index (κ1) is 14.0. The van der Waals surface area contributed by atoms with Crippen molar-refractivity contribution in [1.82, 2.24) is 14.9 Å². The molecule has 2 N–H and O–H groups in total. The standard InChI is InChI=1S/C14H21N3O2/c1-11(15-7-9-19-10-8-18)14-16-12-5-3-4-6-13(12)17(14)2/h3-6,11,15,18H,7-10H2,1-2H3. The molecule has 2 aromatic rings. The number of fused-ring (bicyclic) bond motifs is 1. The average molecular weight is 263 g/mol. The molecule has 0 saturated carbocycles. The zero-order valence-electron chi connectivity index (χ0n) is 11.5. The summed E-state index contributed by atoms with van der Waals surface area (Å²) in [6, 6.07) is 8.28. The molecular formula is C14H21N3O2. The molecule has 1 aromatic carbocycles. The Morgan fingerprint density at radius 2 is 2.16 bits per heavy atom. The lowest BCUT2D eigenvalue weighted by molar-refractivity contribution is 0.0927. The number of aliphatic hydroxyl groups excluding tert-OH is 1. The van der Waals surface area contributed by atoms with Gasteiger partial charge in [-0.05, 0) is 19.1 Å². The molecule has 0 radical (unpaired) electrons. The van der Waals surface area contributed by atoms with Crippen molar-refractivity contribution < 1.29 is 9.84 Å². The number of aliphatic hydroxyl groups is 1. The summed E-state index contributed by atoms with van der Waals surface area (Å²) in [5.41, 5.74) is 2.16. The zero-order valence-corrected chi connectivity index (χ0v) is 11.5. The predicted octanol–water partition coefficient (Wildman–Crippen LogP) is 1.23. The minimum absolute atomic E-state index is 0.0698. The number of rotatable bonds is 7. The van der Waals surface area contributed by atoms with Crippen LogP contribution in [-0.2, 0) is 11.8 Å². The largest absolute Gasteiger partial charge is 0.394 e. The van der Waals surface area contributed by atoms with Gasteiger partial charge in [0.05, 0.1) is 36.9 Å². The van der Waals surface area contributed by atoms with Crippen LogP contribution in [0.1, 0.15) is 18.8 Å². The second-order valence-corrected chi connectivity index (χ2v) is 4.53. The maximum absolute atomic E-state index is 8.61. The van der Waals surface area contributed by atoms with Gasteiger partial charge < -0.3 is 19.7 Å². The predicted molar refractivity (Wildman–Crippen MR) is 75.0 cm³/mol. The number of para-hydroxylation sites is 2. The summed E-state index contributed by atoms with van der Waals surface area (Å²) in [7, 11) is 2.03. The summed E-state index contributed by atoms with van der Waals surface area (Å²) < 4.78 is 7.33. The first-order chi connectivity index (χ1) is 9.24. The lowest BCUT2D eigenvalue weighted by Crippen LogP contribution is -2.25. The molecule has 1 aromatic heterocycles. The molecule has 1 heterocycles. The minimum Gasteiger partial charge on any atom is -0.394 e. The summed E-state index contributed by atoms with van der Waals surface area (Å²) in [5, 5.41) is 12.0. The fourth-order valence-electron chi connectivity index (χ4n) is 2.16. The Hall–Kier alpha value is -1.43. The van der Waals surface area contributed by atoms with Crippen LogP contribution >= 0.6 is 0 Å². The number of aryl methyl sites for hydroxylation is 1. The number of hydrogen-bond acceptors (Lipinski definition) is 4. The number of aromatic nitrogens is 2. The molecule has 0 fully saturated rings. The Morgan fingerprint density at radius 1 is 1.37 bits per heavy atom. The molecule has 1 unspecified atom stereocenters. The van der Waals surface area contributed by atoms with Crippen LogP contribution in [0.5, 0.6) is 0 Å². The van der Waals surface area contributed by atoms with E-state index in [1.54, 1.807) is 0 Å². The molecule has 0 aliphatic heterocycles. The van der Waals surface area contributed by atoms with Crippen molar-refractivity contribution in [2.75, 3.05) is 26.4 Å². The highest BCUT2D eigenvalue weighted by molar-refractivity contribution is 5.75. The third kappa shape index (κ3) is 3.32. The first-order valence-corrected chi connectivity index (χ1v) is 6.57. The van der Waals surface area contributed by atoms with Crippen LogP contribution < -0.4 is 5.32 Å². The first-order valence-electron chi connectivity index (χ1n) is 6.57. The van der Waals surface area contributed by atoms with E-state index in [-0.39, 0.29) is 12.6 Å². The van der Waals surface area contributed by atoms with Crippen LogP contribution in [-0.4, -0.2) is 41.0 Å². The number of nitrogens with zero attached hydrogens (tertiary/aromatic N) is 2. The highest BCUT2D eigenvalue weighted by Crippen LogP contribution is 2.18. The van der Waals surface area contributed by atoms with Crippen LogP contribution in [0.4, 0.5) is 0 Å². The Labute approximate surface area is 113 Å². The van der Waals surface area contributed by atoms with Gasteiger partial charge in [0.15, 0.2) is 0 Å². The van der Waals surface area contributed by atoms with Crippen LogP contribution in [0.2, 0.25) is 0 Å². The molecule has 1 atom stereocenters. The molecule has 2 rings (SSSR count). The Bertz CT molecular complexity index is 524. The van der Waals surface area contributed by atoms with Gasteiger partial charge in [0.1, 0.15) is 5.82 Å². The third-order valence-electron chi connectivity index (χ3n) is 3.14. The van der Waals surface area contributed by atoms with Gasteiger partial charge in [0, 0.05) is 13.6 Å². The zero-order chi connectivity index (χ0) is 13.7. The summed E-state index contributed by atoms with van der Waals surface area (Å²) in [4.78, 5) is 4.65. The summed E-state index contributed by atoms with van der Waals surface area (Å²) >= 11 is 0. The summed E-state index contributed by atoms with van der Waals surface area (Å²) in [6.07, 6.45) is 0. The molecular weight excluding hydrogens is 242 g/mol. The van der Waals surface area contributed by atoms with Crippen molar-refractivity contribution in [2.45, 2.75) is 13.0 Å². The molecule has 19 heavy (non-hydrogen) atoms. The SMILES string of the molecule is CC(NCCOCCO)c1nc2ccccc2n1C. The number of benzene rings is 1. The van der Waals surface area contributed by atoms with Crippen LogP contribution in [0.25, 0.3) is 11.0 Å². The monoisotopic (exact) mass is 263 g/mol. The minimum atomic E-state index is 0.0698. The molecule has 0 aliphatic rings. The van der Waals surface area contributed by atoms with Crippen molar-refractivity contribution in [3.05, 3.63) is 30.1 Å². The highest BCUT2D eigenvalue weighted by atomic mass is 16.5. The van der Waals surface area contributed by atoms with Crippen molar-refractivity contribution in [2.24, 2.45) is 7.05 Å². The van der Waals surface area contributed by atoms with E-state index in [0.29, 0.717) is 13.2 Å². The van der Waals surface area contributed by atoms with Gasteiger partial charge >= 0.3 is 0 Å². The van der Waals surface area contributed by atoms with Crippen LogP contribution in [0, 0.1) is 0 Å². The summed E-state index contributed by atoms with van der Waals surface area (Å²) in [6.45, 7) is 3.88. The quantitative estimate of drug-likeness (QED) is 0.738. The smallest absolute Gasteiger partial charge is 0.126 e. The number of imidazole rings is 1. The molecule has 5 nitrogen and oxygen atoms in total. The molecule has 0 spiro atoms. The molecule has 0 amide bonds. The normalized spacial score (nSPS) is 13.0. The third-order valence-corrected chi connectivity index (χ3v) is 3.14. The topological polar surface area (TPSA) is 59.3 Å². The van der Waals surface area contributed by atoms with Gasteiger partial charge in [0.2, 0.25) is 0 Å². The van der Waals surface area contributed by atoms with Gasteiger partial charge in [0.25, 0.3) is 0 Å². The average Bonchev–Trinajstić information content (AvgIpc) is 2.76. The van der Waals surface area contributed by atoms with Gasteiger partial charge in [-0.2, -0.15) is 0 Å². The molecule has 5 heteroatoms. The fourth-order valence-corrected chi connectivity index (χ4v) is 2.16. The van der Waals surface area contributed by atoms with E-state index in [4.69, 9.17) is 9.84 Å². The second-order valence-electron chi connectivity index (χ2n) is 4.53. The Balaban J connectivity index is 1.97. The van der Waals surface area contributed by atoms with Gasteiger partial charge in [-0.3, -0.25) is 0 Å². The Kier molecular flexibility index (Phi) is 4.90. The van der Waals surface area contributed by atoms with E-state index in [0.717, 1.165) is 23.4 Å². The lowest BCUT2D eigenvalue weighted by Gasteiger charge is -2.13. The van der Waals surface area contributed by atoms with Gasteiger partial charge in [-0.15, -0.1) is 0 Å².